The van der Waals surface area contributed by atoms with Crippen molar-refractivity contribution in [3.05, 3.63) is 66.7 Å². The molecular weight excluding hydrogens is 344 g/mol. The minimum atomic E-state index is -0.199. The van der Waals surface area contributed by atoms with Crippen molar-refractivity contribution in [1.29, 1.82) is 0 Å². The quantitative estimate of drug-likeness (QED) is 0.727. The second kappa shape index (κ2) is 7.95. The summed E-state index contributed by atoms with van der Waals surface area (Å²) >= 11 is 0. The summed E-state index contributed by atoms with van der Waals surface area (Å²) in [5, 5.41) is 2.88. The Morgan fingerprint density at radius 1 is 1.07 bits per heavy atom. The molecule has 27 heavy (non-hydrogen) atoms. The molecule has 0 bridgehead atoms. The van der Waals surface area contributed by atoms with Crippen LogP contribution in [0.15, 0.2) is 65.2 Å². The van der Waals surface area contributed by atoms with Gasteiger partial charge in [0.2, 0.25) is 5.91 Å². The molecule has 0 fully saturated rings. The van der Waals surface area contributed by atoms with Crippen molar-refractivity contribution in [2.24, 2.45) is 0 Å². The number of oxazole rings is 1. The van der Waals surface area contributed by atoms with E-state index < -0.39 is 0 Å². The molecule has 4 rings (SSSR count). The van der Waals surface area contributed by atoms with Gasteiger partial charge in [0.15, 0.2) is 23.1 Å². The molecule has 1 N–H and O–H groups in total. The SMILES string of the molecule is O=C(CCc1ncc(-c2ccccc2)o1)NC[C@H]1COc2ccccc2O1. The molecule has 2 aromatic carbocycles. The van der Waals surface area contributed by atoms with E-state index >= 15 is 0 Å². The van der Waals surface area contributed by atoms with Gasteiger partial charge >= 0.3 is 0 Å². The number of nitrogens with one attached hydrogen (secondary N) is 1. The molecule has 0 radical (unpaired) electrons. The first-order chi connectivity index (χ1) is 13.3. The van der Waals surface area contributed by atoms with Gasteiger partial charge in [-0.3, -0.25) is 4.79 Å². The predicted molar refractivity (Wildman–Crippen MR) is 99.6 cm³/mol. The van der Waals surface area contributed by atoms with Crippen molar-refractivity contribution in [2.45, 2.75) is 18.9 Å². The van der Waals surface area contributed by atoms with Crippen LogP contribution in [0, 0.1) is 0 Å². The second-order valence-corrected chi connectivity index (χ2v) is 6.29. The van der Waals surface area contributed by atoms with Gasteiger partial charge in [0, 0.05) is 18.4 Å². The van der Waals surface area contributed by atoms with E-state index in [1.807, 2.05) is 54.6 Å². The molecule has 2 heterocycles. The number of amides is 1. The number of ether oxygens (including phenoxy) is 2. The molecule has 0 unspecified atom stereocenters. The lowest BCUT2D eigenvalue weighted by molar-refractivity contribution is -0.121. The van der Waals surface area contributed by atoms with Gasteiger partial charge in [-0.25, -0.2) is 4.98 Å². The smallest absolute Gasteiger partial charge is 0.220 e. The fourth-order valence-electron chi connectivity index (χ4n) is 2.86. The van der Waals surface area contributed by atoms with Crippen molar-refractivity contribution >= 4 is 5.91 Å². The molecular formula is C21H20N2O4. The van der Waals surface area contributed by atoms with Crippen molar-refractivity contribution in [2.75, 3.05) is 13.2 Å². The average molecular weight is 364 g/mol. The first-order valence-electron chi connectivity index (χ1n) is 8.93. The Balaban J connectivity index is 1.23. The maximum absolute atomic E-state index is 12.1. The van der Waals surface area contributed by atoms with Gasteiger partial charge in [0.25, 0.3) is 0 Å². The molecule has 1 aromatic heterocycles. The summed E-state index contributed by atoms with van der Waals surface area (Å²) in [5.74, 6) is 2.62. The first kappa shape index (κ1) is 17.1. The van der Waals surface area contributed by atoms with Crippen LogP contribution < -0.4 is 14.8 Å². The minimum Gasteiger partial charge on any atom is -0.486 e. The molecule has 138 valence electrons. The molecule has 1 atom stereocenters. The summed E-state index contributed by atoms with van der Waals surface area (Å²) < 4.78 is 17.2. The average Bonchev–Trinajstić information content (AvgIpc) is 3.20. The summed E-state index contributed by atoms with van der Waals surface area (Å²) in [5.41, 5.74) is 0.968. The summed E-state index contributed by atoms with van der Waals surface area (Å²) in [7, 11) is 0. The molecule has 1 aliphatic rings. The number of carbonyl (C=O) groups excluding carboxylic acids is 1. The van der Waals surface area contributed by atoms with E-state index in [1.165, 1.54) is 0 Å². The first-order valence-corrected chi connectivity index (χ1v) is 8.93. The number of carbonyl (C=O) groups is 1. The lowest BCUT2D eigenvalue weighted by Gasteiger charge is -2.26. The molecule has 0 spiro atoms. The van der Waals surface area contributed by atoms with Crippen LogP contribution in [0.3, 0.4) is 0 Å². The minimum absolute atomic E-state index is 0.0723. The molecule has 0 aliphatic carbocycles. The van der Waals surface area contributed by atoms with Crippen molar-refractivity contribution < 1.29 is 18.7 Å². The summed E-state index contributed by atoms with van der Waals surface area (Å²) in [4.78, 5) is 16.4. The topological polar surface area (TPSA) is 73.6 Å². The Labute approximate surface area is 157 Å². The lowest BCUT2D eigenvalue weighted by Crippen LogP contribution is -2.40. The highest BCUT2D eigenvalue weighted by molar-refractivity contribution is 5.76. The number of benzene rings is 2. The third kappa shape index (κ3) is 4.28. The van der Waals surface area contributed by atoms with Gasteiger partial charge in [0.05, 0.1) is 12.7 Å². The van der Waals surface area contributed by atoms with Crippen molar-refractivity contribution in [3.8, 4) is 22.8 Å². The van der Waals surface area contributed by atoms with E-state index in [1.54, 1.807) is 6.20 Å². The fraction of sp³-hybridized carbons (Fsp3) is 0.238. The molecule has 6 nitrogen and oxygen atoms in total. The molecule has 6 heteroatoms. The Kier molecular flexibility index (Phi) is 5.05. The van der Waals surface area contributed by atoms with Gasteiger partial charge in [-0.05, 0) is 12.1 Å². The third-order valence-corrected chi connectivity index (χ3v) is 4.27. The summed E-state index contributed by atoms with van der Waals surface area (Å²) in [6.45, 7) is 0.811. The fourth-order valence-corrected chi connectivity index (χ4v) is 2.86. The van der Waals surface area contributed by atoms with Crippen LogP contribution in [0.1, 0.15) is 12.3 Å². The zero-order chi connectivity index (χ0) is 18.5. The Hall–Kier alpha value is -3.28. The maximum Gasteiger partial charge on any atom is 0.220 e. The van der Waals surface area contributed by atoms with E-state index in [9.17, 15) is 4.79 Å². The summed E-state index contributed by atoms with van der Waals surface area (Å²) in [6.07, 6.45) is 2.24. The van der Waals surface area contributed by atoms with Crippen LogP contribution in [0.4, 0.5) is 0 Å². The highest BCUT2D eigenvalue weighted by Crippen LogP contribution is 2.30. The highest BCUT2D eigenvalue weighted by atomic mass is 16.6. The second-order valence-electron chi connectivity index (χ2n) is 6.29. The molecule has 1 amide bonds. The normalized spacial score (nSPS) is 15.3. The number of hydrogen-bond acceptors (Lipinski definition) is 5. The Bertz CT molecular complexity index is 907. The van der Waals surface area contributed by atoms with E-state index in [0.29, 0.717) is 43.4 Å². The maximum atomic E-state index is 12.1. The van der Waals surface area contributed by atoms with Crippen LogP contribution in [-0.2, 0) is 11.2 Å². The third-order valence-electron chi connectivity index (χ3n) is 4.27. The number of hydrogen-bond donors (Lipinski definition) is 1. The zero-order valence-electron chi connectivity index (χ0n) is 14.8. The van der Waals surface area contributed by atoms with Crippen molar-refractivity contribution in [1.82, 2.24) is 10.3 Å². The molecule has 0 saturated carbocycles. The van der Waals surface area contributed by atoms with Gasteiger partial charge in [-0.15, -0.1) is 0 Å². The largest absolute Gasteiger partial charge is 0.486 e. The van der Waals surface area contributed by atoms with Gasteiger partial charge in [-0.1, -0.05) is 42.5 Å². The number of aryl methyl sites for hydroxylation is 1. The number of fused-ring (bicyclic) bond motifs is 1. The Morgan fingerprint density at radius 2 is 1.85 bits per heavy atom. The Morgan fingerprint density at radius 3 is 2.70 bits per heavy atom. The van der Waals surface area contributed by atoms with Gasteiger partial charge in [-0.2, -0.15) is 0 Å². The number of para-hydroxylation sites is 2. The van der Waals surface area contributed by atoms with E-state index in [2.05, 4.69) is 10.3 Å². The van der Waals surface area contributed by atoms with Crippen LogP contribution in [0.25, 0.3) is 11.3 Å². The predicted octanol–water partition coefficient (Wildman–Crippen LogP) is 3.23. The molecule has 1 aliphatic heterocycles. The number of nitrogens with zero attached hydrogens (tertiary/aromatic N) is 1. The van der Waals surface area contributed by atoms with Gasteiger partial charge in [0.1, 0.15) is 12.7 Å². The lowest BCUT2D eigenvalue weighted by atomic mass is 10.2. The summed E-state index contributed by atoms with van der Waals surface area (Å²) in [6, 6.07) is 17.3. The highest BCUT2D eigenvalue weighted by Gasteiger charge is 2.21. The standard InChI is InChI=1S/C21H20N2O4/c24-20(22-12-16-14-25-17-8-4-5-9-18(17)26-16)10-11-21-23-13-19(27-21)15-6-2-1-3-7-15/h1-9,13,16H,10-12,14H2,(H,22,24)/t16-/m0/s1. The number of rotatable bonds is 6. The van der Waals surface area contributed by atoms with E-state index in [-0.39, 0.29) is 12.0 Å². The monoisotopic (exact) mass is 364 g/mol. The van der Waals surface area contributed by atoms with Crippen LogP contribution in [-0.4, -0.2) is 30.1 Å². The molecule has 3 aromatic rings. The zero-order valence-corrected chi connectivity index (χ0v) is 14.8. The van der Waals surface area contributed by atoms with Crippen LogP contribution in [0.2, 0.25) is 0 Å². The van der Waals surface area contributed by atoms with E-state index in [0.717, 1.165) is 11.3 Å². The molecule has 0 saturated heterocycles. The van der Waals surface area contributed by atoms with Crippen LogP contribution >= 0.6 is 0 Å². The van der Waals surface area contributed by atoms with Crippen molar-refractivity contribution in [3.63, 3.8) is 0 Å². The number of aromatic nitrogens is 1. The van der Waals surface area contributed by atoms with Gasteiger partial charge < -0.3 is 19.2 Å². The van der Waals surface area contributed by atoms with E-state index in [4.69, 9.17) is 13.9 Å². The van der Waals surface area contributed by atoms with Crippen LogP contribution in [0.5, 0.6) is 11.5 Å².